The summed E-state index contributed by atoms with van der Waals surface area (Å²) in [5, 5.41) is 36.3. The molecule has 1 saturated heterocycles. The number of aliphatic hydroxyl groups is 2. The third-order valence-corrected chi connectivity index (χ3v) is 18.3. The number of carbonyl (C=O) groups excluding carboxylic acids is 2. The van der Waals surface area contributed by atoms with Crippen LogP contribution in [0.4, 0.5) is 0 Å². The summed E-state index contributed by atoms with van der Waals surface area (Å²) >= 11 is 0. The molecule has 8 heteroatoms. The molecule has 2 aliphatic carbocycles. The molecule has 0 spiro atoms. The van der Waals surface area contributed by atoms with E-state index in [2.05, 4.69) is 87.5 Å². The first-order chi connectivity index (χ1) is 28.4. The second-order valence-corrected chi connectivity index (χ2v) is 22.4. The number of likely N-dealkylation sites (tertiary alicyclic amines) is 1. The zero-order chi connectivity index (χ0) is 41.9. The molecule has 2 amide bonds. The fraction of sp³-hybridized carbons (Fsp3) is 0.412. The van der Waals surface area contributed by atoms with Crippen LogP contribution >= 0.6 is 0 Å². The third kappa shape index (κ3) is 8.42. The predicted octanol–water partition coefficient (Wildman–Crippen LogP) is 8.51. The minimum absolute atomic E-state index is 0.121. The Morgan fingerprint density at radius 3 is 1.95 bits per heavy atom. The first-order valence-corrected chi connectivity index (χ1v) is 23.5. The molecule has 4 aromatic carbocycles. The van der Waals surface area contributed by atoms with Crippen LogP contribution in [0.25, 0.3) is 11.6 Å². The van der Waals surface area contributed by atoms with Crippen molar-refractivity contribution in [1.29, 1.82) is 0 Å². The number of aliphatic hydroxyl groups excluding tert-OH is 2. The van der Waals surface area contributed by atoms with Crippen LogP contribution in [0.5, 0.6) is 5.75 Å². The maximum atomic E-state index is 14.5. The van der Waals surface area contributed by atoms with E-state index in [9.17, 15) is 24.9 Å². The van der Waals surface area contributed by atoms with E-state index in [1.165, 1.54) is 0 Å². The Morgan fingerprint density at radius 2 is 1.41 bits per heavy atom. The monoisotopic (exact) mass is 811 g/mol. The number of amides is 2. The molecule has 0 radical (unpaired) electrons. The van der Waals surface area contributed by atoms with Crippen LogP contribution in [0, 0.1) is 31.6 Å². The van der Waals surface area contributed by atoms with Gasteiger partial charge in [0.1, 0.15) is 5.75 Å². The molecule has 4 atom stereocenters. The largest absolute Gasteiger partial charge is 0.507 e. The van der Waals surface area contributed by atoms with Crippen molar-refractivity contribution >= 4 is 42.2 Å². The van der Waals surface area contributed by atoms with E-state index in [-0.39, 0.29) is 41.9 Å². The van der Waals surface area contributed by atoms with Gasteiger partial charge in [-0.3, -0.25) is 14.5 Å². The number of phenols is 1. The molecule has 2 fully saturated rings. The second kappa shape index (κ2) is 17.9. The topological polar surface area (TPSA) is 107 Å². The van der Waals surface area contributed by atoms with Gasteiger partial charge < -0.3 is 19.7 Å². The Balaban J connectivity index is 1.30. The van der Waals surface area contributed by atoms with E-state index in [0.717, 1.165) is 75.9 Å². The number of hydrogen-bond donors (Lipinski definition) is 3. The van der Waals surface area contributed by atoms with Crippen molar-refractivity contribution in [2.75, 3.05) is 13.2 Å². The lowest BCUT2D eigenvalue weighted by molar-refractivity contribution is -0.143. The Bertz CT molecular complexity index is 2110. The van der Waals surface area contributed by atoms with Crippen LogP contribution in [0.2, 0.25) is 5.04 Å². The minimum atomic E-state index is -3.04. The van der Waals surface area contributed by atoms with Crippen molar-refractivity contribution in [3.63, 3.8) is 0 Å². The van der Waals surface area contributed by atoms with Gasteiger partial charge in [-0.15, -0.1) is 0 Å². The Labute approximate surface area is 351 Å². The van der Waals surface area contributed by atoms with E-state index < -0.39 is 32.2 Å². The summed E-state index contributed by atoms with van der Waals surface area (Å²) < 4.78 is 7.49. The number of nitrogens with zero attached hydrogens (tertiary/aromatic N) is 1. The van der Waals surface area contributed by atoms with Gasteiger partial charge in [-0.2, -0.15) is 0 Å². The molecule has 3 N–H and O–H groups in total. The van der Waals surface area contributed by atoms with Crippen molar-refractivity contribution in [2.24, 2.45) is 17.8 Å². The fourth-order valence-corrected chi connectivity index (χ4v) is 15.0. The number of carbonyl (C=O) groups is 2. The number of allylic oxidation sites excluding steroid dienone is 1. The maximum Gasteiger partial charge on any atom is 0.261 e. The number of aryl methyl sites for hydroxylation is 2. The summed E-state index contributed by atoms with van der Waals surface area (Å²) in [6.07, 6.45) is 6.93. The number of rotatable bonds is 13. The molecule has 7 rings (SSSR count). The first-order valence-electron chi connectivity index (χ1n) is 21.5. The summed E-state index contributed by atoms with van der Waals surface area (Å²) in [5.74, 6) is -2.13. The molecule has 0 aromatic heterocycles. The summed E-state index contributed by atoms with van der Waals surface area (Å²) in [5.41, 5.74) is 6.03. The van der Waals surface area contributed by atoms with Crippen LogP contribution in [0.15, 0.2) is 114 Å². The van der Waals surface area contributed by atoms with E-state index in [1.807, 2.05) is 56.3 Å². The number of fused-ring (bicyclic) bond motifs is 1. The van der Waals surface area contributed by atoms with E-state index in [4.69, 9.17) is 4.43 Å². The quantitative estimate of drug-likeness (QED) is 0.0542. The molecule has 310 valence electrons. The SMILES string of the molecule is Cc1cc(/C=C(/CC[C@@H](O)C2=C(CO[Si](c3ccccc3)(c3ccccc3)C(C)(C)C)C[C@H]3C(=O)N(C4CCCCC4)C(=O)[C@H]3[C@H]2CO)c2ccccc2)cc(C)c1O. The average Bonchev–Trinajstić information content (AvgIpc) is 3.49. The van der Waals surface area contributed by atoms with Crippen LogP contribution in [-0.4, -0.2) is 65.7 Å². The Kier molecular flexibility index (Phi) is 12.9. The van der Waals surface area contributed by atoms with Crippen molar-refractivity contribution < 1.29 is 29.3 Å². The molecule has 0 bridgehead atoms. The van der Waals surface area contributed by atoms with Crippen molar-refractivity contribution in [3.05, 3.63) is 137 Å². The zero-order valence-corrected chi connectivity index (χ0v) is 36.4. The summed E-state index contributed by atoms with van der Waals surface area (Å²) in [4.78, 5) is 30.5. The fourth-order valence-electron chi connectivity index (χ4n) is 10.4. The van der Waals surface area contributed by atoms with Crippen LogP contribution < -0.4 is 10.4 Å². The minimum Gasteiger partial charge on any atom is -0.507 e. The first kappa shape index (κ1) is 42.5. The molecule has 0 unspecified atom stereocenters. The number of phenolic OH excluding ortho intramolecular Hbond substituents is 1. The Morgan fingerprint density at radius 1 is 0.847 bits per heavy atom. The van der Waals surface area contributed by atoms with Crippen molar-refractivity contribution in [3.8, 4) is 5.75 Å². The van der Waals surface area contributed by atoms with E-state index in [1.54, 1.807) is 4.90 Å². The third-order valence-electron chi connectivity index (χ3n) is 13.3. The number of imide groups is 1. The normalized spacial score (nSPS) is 21.2. The smallest absolute Gasteiger partial charge is 0.261 e. The summed E-state index contributed by atoms with van der Waals surface area (Å²) in [7, 11) is -3.04. The van der Waals surface area contributed by atoms with Gasteiger partial charge in [0.2, 0.25) is 11.8 Å². The predicted molar refractivity (Wildman–Crippen MR) is 239 cm³/mol. The highest BCUT2D eigenvalue weighted by molar-refractivity contribution is 6.99. The summed E-state index contributed by atoms with van der Waals surface area (Å²) in [6, 6.07) is 34.8. The lowest BCUT2D eigenvalue weighted by Crippen LogP contribution is -2.66. The van der Waals surface area contributed by atoms with Crippen molar-refractivity contribution in [1.82, 2.24) is 4.90 Å². The molecular weight excluding hydrogens is 751 g/mol. The van der Waals surface area contributed by atoms with Gasteiger partial charge in [-0.25, -0.2) is 0 Å². The highest BCUT2D eigenvalue weighted by Gasteiger charge is 2.57. The number of benzene rings is 4. The van der Waals surface area contributed by atoms with Crippen LogP contribution in [-0.2, 0) is 14.0 Å². The number of aromatic hydroxyl groups is 1. The van der Waals surface area contributed by atoms with Crippen LogP contribution in [0.1, 0.15) is 94.4 Å². The van der Waals surface area contributed by atoms with Gasteiger partial charge in [-0.1, -0.05) is 137 Å². The van der Waals surface area contributed by atoms with Gasteiger partial charge >= 0.3 is 0 Å². The Hall–Kier alpha value is -4.60. The number of hydrogen-bond acceptors (Lipinski definition) is 6. The maximum absolute atomic E-state index is 14.5. The van der Waals surface area contributed by atoms with Gasteiger partial charge in [0, 0.05) is 12.0 Å². The lowest BCUT2D eigenvalue weighted by atomic mass is 9.68. The summed E-state index contributed by atoms with van der Waals surface area (Å²) in [6.45, 7) is 10.3. The molecule has 1 aliphatic heterocycles. The highest BCUT2D eigenvalue weighted by Crippen LogP contribution is 2.49. The van der Waals surface area contributed by atoms with Gasteiger partial charge in [0.15, 0.2) is 0 Å². The van der Waals surface area contributed by atoms with Gasteiger partial charge in [0.05, 0.1) is 31.2 Å². The van der Waals surface area contributed by atoms with Gasteiger partial charge in [0.25, 0.3) is 8.32 Å². The van der Waals surface area contributed by atoms with E-state index >= 15 is 0 Å². The molecule has 4 aromatic rings. The molecule has 59 heavy (non-hydrogen) atoms. The van der Waals surface area contributed by atoms with Gasteiger partial charge in [-0.05, 0) is 112 Å². The average molecular weight is 812 g/mol. The molecule has 1 heterocycles. The second-order valence-electron chi connectivity index (χ2n) is 18.1. The molecular formula is C51H61NO6Si. The molecule has 7 nitrogen and oxygen atoms in total. The highest BCUT2D eigenvalue weighted by atomic mass is 28.4. The van der Waals surface area contributed by atoms with Crippen LogP contribution in [0.3, 0.4) is 0 Å². The molecule has 1 saturated carbocycles. The zero-order valence-electron chi connectivity index (χ0n) is 35.4. The lowest BCUT2D eigenvalue weighted by Gasteiger charge is -2.44. The van der Waals surface area contributed by atoms with Crippen molar-refractivity contribution in [2.45, 2.75) is 103 Å². The van der Waals surface area contributed by atoms with E-state index in [0.29, 0.717) is 24.8 Å². The standard InChI is InChI=1S/C51H61NO6Si/c1-34-28-36(29-35(2)48(34)55)30-38(37-18-10-6-11-19-37)26-27-45(54)46-39(31-43-47(44(46)32-53)50(57)52(49(43)56)40-20-12-7-13-21-40)33-58-59(51(3,4)5,41-22-14-8-15-23-41)42-24-16-9-17-25-42/h6,8-11,14-19,22-25,28-30,40,43-45,47,53-55H,7,12-13,20-21,26-27,31-33H2,1-5H3/b38-30-/t43-,44+,45-,47-/m1/s1. The molecule has 3 aliphatic rings.